The van der Waals surface area contributed by atoms with Crippen LogP contribution in [0.4, 0.5) is 5.69 Å². The SMILES string of the molecule is CCCCOC(=O)c1cccc(NC(=O)Cn2cnc3sc(C(=O)OCCc4ccccc4)c(C)c3c2=O)c1. The van der Waals surface area contributed by atoms with Crippen molar-refractivity contribution >= 4 is 45.1 Å². The van der Waals surface area contributed by atoms with Crippen LogP contribution < -0.4 is 10.9 Å². The molecular formula is C29H29N3O6S. The number of amides is 1. The van der Waals surface area contributed by atoms with E-state index in [4.69, 9.17) is 9.47 Å². The Morgan fingerprint density at radius 3 is 2.54 bits per heavy atom. The van der Waals surface area contributed by atoms with Crippen LogP contribution in [0, 0.1) is 6.92 Å². The highest BCUT2D eigenvalue weighted by molar-refractivity contribution is 7.20. The van der Waals surface area contributed by atoms with Crippen LogP contribution in [0.5, 0.6) is 0 Å². The number of ether oxygens (including phenoxy) is 2. The van der Waals surface area contributed by atoms with Crippen LogP contribution in [0.2, 0.25) is 0 Å². The van der Waals surface area contributed by atoms with E-state index in [1.165, 1.54) is 17.0 Å². The third kappa shape index (κ3) is 6.97. The van der Waals surface area contributed by atoms with Crippen molar-refractivity contribution in [1.29, 1.82) is 0 Å². The van der Waals surface area contributed by atoms with Crippen molar-refractivity contribution in [3.63, 3.8) is 0 Å². The topological polar surface area (TPSA) is 117 Å². The molecule has 0 bridgehead atoms. The molecule has 0 saturated heterocycles. The Bertz CT molecular complexity index is 1540. The predicted octanol–water partition coefficient (Wildman–Crippen LogP) is 4.76. The van der Waals surface area contributed by atoms with E-state index in [9.17, 15) is 19.2 Å². The van der Waals surface area contributed by atoms with E-state index in [1.54, 1.807) is 25.1 Å². The Morgan fingerprint density at radius 2 is 1.77 bits per heavy atom. The van der Waals surface area contributed by atoms with Gasteiger partial charge >= 0.3 is 11.9 Å². The van der Waals surface area contributed by atoms with Crippen LogP contribution in [0.25, 0.3) is 10.2 Å². The molecule has 0 aliphatic carbocycles. The molecule has 9 nitrogen and oxygen atoms in total. The fourth-order valence-corrected chi connectivity index (χ4v) is 4.94. The van der Waals surface area contributed by atoms with Gasteiger partial charge in [0.25, 0.3) is 5.56 Å². The molecule has 0 fully saturated rings. The Kier molecular flexibility index (Phi) is 9.22. The molecule has 0 aliphatic rings. The number of thiophene rings is 1. The highest BCUT2D eigenvalue weighted by Crippen LogP contribution is 2.27. The molecule has 202 valence electrons. The van der Waals surface area contributed by atoms with E-state index < -0.39 is 23.4 Å². The first-order valence-electron chi connectivity index (χ1n) is 12.6. The molecule has 4 aromatic rings. The number of aryl methyl sites for hydroxylation is 1. The summed E-state index contributed by atoms with van der Waals surface area (Å²) in [5, 5.41) is 2.98. The second-order valence-corrected chi connectivity index (χ2v) is 9.90. The number of hydrogen-bond acceptors (Lipinski definition) is 8. The number of carbonyl (C=O) groups excluding carboxylic acids is 3. The highest BCUT2D eigenvalue weighted by atomic mass is 32.1. The summed E-state index contributed by atoms with van der Waals surface area (Å²) in [7, 11) is 0. The molecule has 2 aromatic carbocycles. The van der Waals surface area contributed by atoms with Gasteiger partial charge in [-0.1, -0.05) is 49.7 Å². The quantitative estimate of drug-likeness (QED) is 0.213. The van der Waals surface area contributed by atoms with E-state index >= 15 is 0 Å². The first-order chi connectivity index (χ1) is 18.9. The molecule has 10 heteroatoms. The van der Waals surface area contributed by atoms with Crippen molar-refractivity contribution in [1.82, 2.24) is 9.55 Å². The van der Waals surface area contributed by atoms with Crippen LogP contribution >= 0.6 is 11.3 Å². The van der Waals surface area contributed by atoms with Gasteiger partial charge in [0, 0.05) is 12.1 Å². The van der Waals surface area contributed by atoms with E-state index in [2.05, 4.69) is 10.3 Å². The number of nitrogens with one attached hydrogen (secondary N) is 1. The zero-order chi connectivity index (χ0) is 27.8. The molecule has 4 rings (SSSR count). The monoisotopic (exact) mass is 547 g/mol. The smallest absolute Gasteiger partial charge is 0.348 e. The average Bonchev–Trinajstić information content (AvgIpc) is 3.28. The third-order valence-electron chi connectivity index (χ3n) is 6.00. The minimum absolute atomic E-state index is 0.214. The summed E-state index contributed by atoms with van der Waals surface area (Å²) in [4.78, 5) is 55.8. The zero-order valence-corrected chi connectivity index (χ0v) is 22.6. The molecule has 0 saturated carbocycles. The summed E-state index contributed by atoms with van der Waals surface area (Å²) >= 11 is 1.09. The van der Waals surface area contributed by atoms with Crippen molar-refractivity contribution in [2.24, 2.45) is 0 Å². The molecule has 0 unspecified atom stereocenters. The Labute approximate surface area is 229 Å². The number of aromatic nitrogens is 2. The summed E-state index contributed by atoms with van der Waals surface area (Å²) in [6, 6.07) is 16.1. The standard InChI is InChI=1S/C29H29N3O6S/c1-3-4-14-37-28(35)21-11-8-12-22(16-21)31-23(33)17-32-18-30-26-24(27(32)34)19(2)25(39-26)29(36)38-15-13-20-9-6-5-7-10-20/h5-12,16,18H,3-4,13-15,17H2,1-2H3,(H,31,33). The van der Waals surface area contributed by atoms with Gasteiger partial charge in [-0.2, -0.15) is 0 Å². The number of hydrogen-bond donors (Lipinski definition) is 1. The largest absolute Gasteiger partial charge is 0.462 e. The Hall–Kier alpha value is -4.31. The lowest BCUT2D eigenvalue weighted by molar-refractivity contribution is -0.116. The first-order valence-corrected chi connectivity index (χ1v) is 13.5. The van der Waals surface area contributed by atoms with E-state index in [0.29, 0.717) is 39.5 Å². The van der Waals surface area contributed by atoms with Gasteiger partial charge in [-0.15, -0.1) is 11.3 Å². The minimum atomic E-state index is -0.511. The number of carbonyl (C=O) groups is 3. The molecule has 2 heterocycles. The van der Waals surface area contributed by atoms with Gasteiger partial charge in [0.1, 0.15) is 16.3 Å². The van der Waals surface area contributed by atoms with E-state index in [1.807, 2.05) is 37.3 Å². The second kappa shape index (κ2) is 13.0. The summed E-state index contributed by atoms with van der Waals surface area (Å²) in [5.41, 5.74) is 1.82. The maximum Gasteiger partial charge on any atom is 0.348 e. The normalized spacial score (nSPS) is 10.8. The highest BCUT2D eigenvalue weighted by Gasteiger charge is 2.21. The summed E-state index contributed by atoms with van der Waals surface area (Å²) in [6.45, 7) is 3.93. The van der Waals surface area contributed by atoms with Gasteiger partial charge in [-0.25, -0.2) is 14.6 Å². The third-order valence-corrected chi connectivity index (χ3v) is 7.18. The number of rotatable bonds is 11. The molecule has 0 aliphatic heterocycles. The summed E-state index contributed by atoms with van der Waals surface area (Å²) < 4.78 is 11.8. The average molecular weight is 548 g/mol. The number of anilines is 1. The fraction of sp³-hybridized carbons (Fsp3) is 0.276. The van der Waals surface area contributed by atoms with Crippen molar-refractivity contribution in [3.05, 3.63) is 92.8 Å². The van der Waals surface area contributed by atoms with Crippen molar-refractivity contribution < 1.29 is 23.9 Å². The minimum Gasteiger partial charge on any atom is -0.462 e. The number of fused-ring (bicyclic) bond motifs is 1. The zero-order valence-electron chi connectivity index (χ0n) is 21.8. The molecule has 0 atom stereocenters. The lowest BCUT2D eigenvalue weighted by Gasteiger charge is -2.09. The molecule has 1 amide bonds. The lowest BCUT2D eigenvalue weighted by Crippen LogP contribution is -2.28. The Balaban J connectivity index is 1.42. The van der Waals surface area contributed by atoms with Gasteiger partial charge in [0.15, 0.2) is 0 Å². The van der Waals surface area contributed by atoms with E-state index in [0.717, 1.165) is 29.7 Å². The first kappa shape index (κ1) is 27.7. The molecule has 1 N–H and O–H groups in total. The molecule has 2 aromatic heterocycles. The van der Waals surface area contributed by atoms with Crippen molar-refractivity contribution in [3.8, 4) is 0 Å². The molecule has 39 heavy (non-hydrogen) atoms. The maximum absolute atomic E-state index is 13.2. The van der Waals surface area contributed by atoms with Gasteiger partial charge in [-0.3, -0.25) is 14.2 Å². The van der Waals surface area contributed by atoms with Crippen molar-refractivity contribution in [2.45, 2.75) is 39.7 Å². The Morgan fingerprint density at radius 1 is 1.00 bits per heavy atom. The van der Waals surface area contributed by atoms with Gasteiger partial charge < -0.3 is 14.8 Å². The van der Waals surface area contributed by atoms with Crippen LogP contribution in [0.3, 0.4) is 0 Å². The summed E-state index contributed by atoms with van der Waals surface area (Å²) in [6.07, 6.45) is 3.55. The van der Waals surface area contributed by atoms with Gasteiger partial charge in [0.2, 0.25) is 5.91 Å². The second-order valence-electron chi connectivity index (χ2n) is 8.90. The van der Waals surface area contributed by atoms with Crippen LogP contribution in [0.15, 0.2) is 65.7 Å². The maximum atomic E-state index is 13.2. The van der Waals surface area contributed by atoms with Gasteiger partial charge in [-0.05, 0) is 42.7 Å². The molecular weight excluding hydrogens is 518 g/mol. The van der Waals surface area contributed by atoms with Crippen LogP contribution in [0.1, 0.15) is 50.9 Å². The number of benzene rings is 2. The van der Waals surface area contributed by atoms with Gasteiger partial charge in [0.05, 0.1) is 30.5 Å². The molecule has 0 spiro atoms. The van der Waals surface area contributed by atoms with Crippen LogP contribution in [-0.4, -0.2) is 40.6 Å². The van der Waals surface area contributed by atoms with Crippen LogP contribution in [-0.2, 0) is 27.2 Å². The molecule has 0 radical (unpaired) electrons. The lowest BCUT2D eigenvalue weighted by atomic mass is 10.2. The van der Waals surface area contributed by atoms with Crippen molar-refractivity contribution in [2.75, 3.05) is 18.5 Å². The number of nitrogens with zero attached hydrogens (tertiary/aromatic N) is 2. The number of esters is 2. The number of unbranched alkanes of at least 4 members (excludes halogenated alkanes) is 1. The van der Waals surface area contributed by atoms with E-state index in [-0.39, 0.29) is 18.5 Å². The fourth-order valence-electron chi connectivity index (χ4n) is 3.91. The summed E-state index contributed by atoms with van der Waals surface area (Å²) in [5.74, 6) is -1.45. The predicted molar refractivity (Wildman–Crippen MR) is 149 cm³/mol.